The molecule has 0 bridgehead atoms. The highest BCUT2D eigenvalue weighted by Crippen LogP contribution is 2.23. The van der Waals surface area contributed by atoms with Crippen LogP contribution in [-0.2, 0) is 4.74 Å². The molecule has 20 heavy (non-hydrogen) atoms. The Morgan fingerprint density at radius 2 is 1.85 bits per heavy atom. The lowest BCUT2D eigenvalue weighted by atomic mass is 10.2. The zero-order chi connectivity index (χ0) is 13.8. The third-order valence-corrected chi connectivity index (χ3v) is 3.35. The molecule has 1 aliphatic heterocycles. The van der Waals surface area contributed by atoms with Crippen molar-refractivity contribution in [2.45, 2.75) is 0 Å². The van der Waals surface area contributed by atoms with E-state index in [0.29, 0.717) is 11.5 Å². The van der Waals surface area contributed by atoms with Gasteiger partial charge in [0.2, 0.25) is 0 Å². The molecule has 3 N–H and O–H groups in total. The van der Waals surface area contributed by atoms with Crippen LogP contribution in [0.2, 0.25) is 0 Å². The number of nitrogens with two attached hydrogens (primary N) is 1. The van der Waals surface area contributed by atoms with Crippen molar-refractivity contribution in [2.75, 3.05) is 42.3 Å². The number of anilines is 4. The van der Waals surface area contributed by atoms with Crippen LogP contribution in [0.25, 0.3) is 0 Å². The molecule has 0 spiro atoms. The second-order valence-electron chi connectivity index (χ2n) is 4.71. The Morgan fingerprint density at radius 3 is 2.55 bits per heavy atom. The van der Waals surface area contributed by atoms with E-state index in [9.17, 15) is 0 Å². The standard InChI is InChI=1S/C15H18N4O/c16-14-2-1-7-17-15(14)18-12-3-5-13(6-4-12)19-8-10-20-11-9-19/h1-7H,8-11,16H2,(H,17,18). The lowest BCUT2D eigenvalue weighted by molar-refractivity contribution is 0.122. The Kier molecular flexibility index (Phi) is 3.69. The summed E-state index contributed by atoms with van der Waals surface area (Å²) in [6, 6.07) is 11.9. The maximum atomic E-state index is 5.87. The van der Waals surface area contributed by atoms with Crippen molar-refractivity contribution in [3.63, 3.8) is 0 Å². The van der Waals surface area contributed by atoms with Crippen molar-refractivity contribution >= 4 is 22.9 Å². The SMILES string of the molecule is Nc1cccnc1Nc1ccc(N2CCOCC2)cc1. The van der Waals surface area contributed by atoms with Gasteiger partial charge in [-0.25, -0.2) is 4.98 Å². The number of nitrogens with one attached hydrogen (secondary N) is 1. The molecular weight excluding hydrogens is 252 g/mol. The molecule has 1 aliphatic rings. The van der Waals surface area contributed by atoms with Gasteiger partial charge in [0.1, 0.15) is 0 Å². The van der Waals surface area contributed by atoms with Crippen molar-refractivity contribution < 1.29 is 4.74 Å². The molecule has 104 valence electrons. The monoisotopic (exact) mass is 270 g/mol. The number of benzene rings is 1. The van der Waals surface area contributed by atoms with Crippen molar-refractivity contribution in [1.29, 1.82) is 0 Å². The molecule has 1 fully saturated rings. The van der Waals surface area contributed by atoms with Crippen LogP contribution in [0.3, 0.4) is 0 Å². The molecule has 2 aromatic rings. The van der Waals surface area contributed by atoms with E-state index >= 15 is 0 Å². The van der Waals surface area contributed by atoms with E-state index in [4.69, 9.17) is 10.5 Å². The fourth-order valence-corrected chi connectivity index (χ4v) is 2.24. The zero-order valence-electron chi connectivity index (χ0n) is 11.2. The molecule has 3 rings (SSSR count). The number of rotatable bonds is 3. The van der Waals surface area contributed by atoms with Gasteiger partial charge in [-0.2, -0.15) is 0 Å². The average molecular weight is 270 g/mol. The van der Waals surface area contributed by atoms with Gasteiger partial charge in [0, 0.05) is 30.7 Å². The topological polar surface area (TPSA) is 63.4 Å². The van der Waals surface area contributed by atoms with Gasteiger partial charge in [-0.3, -0.25) is 0 Å². The number of ether oxygens (including phenoxy) is 1. The number of aromatic nitrogens is 1. The van der Waals surface area contributed by atoms with E-state index < -0.39 is 0 Å². The first kappa shape index (κ1) is 12.7. The third kappa shape index (κ3) is 2.83. The van der Waals surface area contributed by atoms with E-state index in [1.165, 1.54) is 5.69 Å². The minimum Gasteiger partial charge on any atom is -0.396 e. The molecule has 0 aliphatic carbocycles. The summed E-state index contributed by atoms with van der Waals surface area (Å²) in [4.78, 5) is 6.54. The van der Waals surface area contributed by atoms with Gasteiger partial charge in [-0.15, -0.1) is 0 Å². The normalized spacial score (nSPS) is 15.1. The third-order valence-electron chi connectivity index (χ3n) is 3.35. The highest BCUT2D eigenvalue weighted by molar-refractivity contribution is 5.69. The minimum absolute atomic E-state index is 0.643. The van der Waals surface area contributed by atoms with E-state index in [2.05, 4.69) is 27.3 Å². The summed E-state index contributed by atoms with van der Waals surface area (Å²) in [7, 11) is 0. The van der Waals surface area contributed by atoms with Gasteiger partial charge < -0.3 is 20.7 Å². The first-order chi connectivity index (χ1) is 9.83. The summed E-state index contributed by atoms with van der Waals surface area (Å²) < 4.78 is 5.36. The molecule has 2 heterocycles. The number of hydrogen-bond acceptors (Lipinski definition) is 5. The molecule has 0 amide bonds. The first-order valence-corrected chi connectivity index (χ1v) is 6.73. The molecule has 0 unspecified atom stereocenters. The molecule has 1 aromatic heterocycles. The highest BCUT2D eigenvalue weighted by Gasteiger charge is 2.10. The Balaban J connectivity index is 1.71. The molecule has 0 radical (unpaired) electrons. The predicted molar refractivity (Wildman–Crippen MR) is 81.4 cm³/mol. The van der Waals surface area contributed by atoms with Crippen LogP contribution in [0, 0.1) is 0 Å². The molecule has 5 heteroatoms. The van der Waals surface area contributed by atoms with E-state index in [-0.39, 0.29) is 0 Å². The quantitative estimate of drug-likeness (QED) is 0.895. The summed E-state index contributed by atoms with van der Waals surface area (Å²) >= 11 is 0. The van der Waals surface area contributed by atoms with Gasteiger partial charge in [0.25, 0.3) is 0 Å². The number of nitrogen functional groups attached to an aromatic ring is 1. The van der Waals surface area contributed by atoms with Crippen molar-refractivity contribution in [2.24, 2.45) is 0 Å². The van der Waals surface area contributed by atoms with Gasteiger partial charge in [0.05, 0.1) is 18.9 Å². The maximum absolute atomic E-state index is 5.87. The van der Waals surface area contributed by atoms with Crippen molar-refractivity contribution in [3.8, 4) is 0 Å². The predicted octanol–water partition coefficient (Wildman–Crippen LogP) is 2.24. The highest BCUT2D eigenvalue weighted by atomic mass is 16.5. The van der Waals surface area contributed by atoms with Crippen LogP contribution in [0.5, 0.6) is 0 Å². The Morgan fingerprint density at radius 1 is 1.10 bits per heavy atom. The van der Waals surface area contributed by atoms with Gasteiger partial charge >= 0.3 is 0 Å². The Hall–Kier alpha value is -2.27. The van der Waals surface area contributed by atoms with E-state index in [1.54, 1.807) is 6.20 Å². The Labute approximate surface area is 118 Å². The summed E-state index contributed by atoms with van der Waals surface area (Å²) in [5, 5.41) is 3.22. The fraction of sp³-hybridized carbons (Fsp3) is 0.267. The van der Waals surface area contributed by atoms with Crippen molar-refractivity contribution in [1.82, 2.24) is 4.98 Å². The smallest absolute Gasteiger partial charge is 0.153 e. The largest absolute Gasteiger partial charge is 0.396 e. The lowest BCUT2D eigenvalue weighted by Crippen LogP contribution is -2.36. The number of hydrogen-bond donors (Lipinski definition) is 2. The molecule has 0 atom stereocenters. The van der Waals surface area contributed by atoms with E-state index in [0.717, 1.165) is 32.0 Å². The second kappa shape index (κ2) is 5.79. The van der Waals surface area contributed by atoms with E-state index in [1.807, 2.05) is 24.3 Å². The summed E-state index contributed by atoms with van der Waals surface area (Å²) in [6.45, 7) is 3.48. The van der Waals surface area contributed by atoms with Crippen LogP contribution < -0.4 is 16.0 Å². The first-order valence-electron chi connectivity index (χ1n) is 6.73. The van der Waals surface area contributed by atoms with Crippen LogP contribution in [-0.4, -0.2) is 31.3 Å². The fourth-order valence-electron chi connectivity index (χ4n) is 2.24. The summed E-state index contributed by atoms with van der Waals surface area (Å²) in [5.74, 6) is 0.687. The lowest BCUT2D eigenvalue weighted by Gasteiger charge is -2.28. The zero-order valence-corrected chi connectivity index (χ0v) is 11.2. The van der Waals surface area contributed by atoms with Gasteiger partial charge in [-0.1, -0.05) is 0 Å². The number of nitrogens with zero attached hydrogens (tertiary/aromatic N) is 2. The summed E-state index contributed by atoms with van der Waals surface area (Å²) in [5.41, 5.74) is 8.71. The van der Waals surface area contributed by atoms with Gasteiger partial charge in [0.15, 0.2) is 5.82 Å². The molecule has 0 saturated carbocycles. The van der Waals surface area contributed by atoms with Gasteiger partial charge in [-0.05, 0) is 36.4 Å². The molecule has 1 aromatic carbocycles. The average Bonchev–Trinajstić information content (AvgIpc) is 2.51. The van der Waals surface area contributed by atoms with Crippen LogP contribution in [0.1, 0.15) is 0 Å². The Bertz CT molecular complexity index is 564. The number of pyridine rings is 1. The van der Waals surface area contributed by atoms with Crippen LogP contribution in [0.4, 0.5) is 22.9 Å². The molecular formula is C15H18N4O. The molecule has 1 saturated heterocycles. The van der Waals surface area contributed by atoms with Crippen LogP contribution in [0.15, 0.2) is 42.6 Å². The second-order valence-corrected chi connectivity index (χ2v) is 4.71. The number of morpholine rings is 1. The maximum Gasteiger partial charge on any atom is 0.153 e. The summed E-state index contributed by atoms with van der Waals surface area (Å²) in [6.07, 6.45) is 1.72. The van der Waals surface area contributed by atoms with Crippen LogP contribution >= 0.6 is 0 Å². The van der Waals surface area contributed by atoms with Crippen molar-refractivity contribution in [3.05, 3.63) is 42.6 Å². The molecule has 5 nitrogen and oxygen atoms in total. The minimum atomic E-state index is 0.643.